The van der Waals surface area contributed by atoms with Gasteiger partial charge in [0, 0.05) is 30.5 Å². The van der Waals surface area contributed by atoms with Crippen molar-refractivity contribution in [2.75, 3.05) is 0 Å². The second-order valence-corrected chi connectivity index (χ2v) is 9.44. The quantitative estimate of drug-likeness (QED) is 0.405. The zero-order valence-electron chi connectivity index (χ0n) is 20.1. The summed E-state index contributed by atoms with van der Waals surface area (Å²) >= 11 is 6.22. The average molecular weight is 477 g/mol. The predicted octanol–water partition coefficient (Wildman–Crippen LogP) is 5.75. The normalized spacial score (nSPS) is 11.8. The molecule has 3 aromatic rings. The van der Waals surface area contributed by atoms with Gasteiger partial charge in [0.2, 0.25) is 11.8 Å². The maximum absolute atomic E-state index is 13.6. The minimum absolute atomic E-state index is 0.0264. The van der Waals surface area contributed by atoms with Gasteiger partial charge in [-0.05, 0) is 56.0 Å². The Kier molecular flexibility index (Phi) is 9.29. The van der Waals surface area contributed by atoms with Crippen molar-refractivity contribution in [1.29, 1.82) is 0 Å². The molecule has 0 aromatic heterocycles. The SMILES string of the molecule is Cc1ccc(CCC(=O)N(Cc2cccc(Cl)c2)[C@@H](Cc2ccccc2)C(=O)NC(C)C)cc1. The Morgan fingerprint density at radius 3 is 2.21 bits per heavy atom. The molecule has 5 heteroatoms. The van der Waals surface area contributed by atoms with Crippen LogP contribution in [0.1, 0.15) is 42.5 Å². The number of carbonyl (C=O) groups is 2. The summed E-state index contributed by atoms with van der Waals surface area (Å²) in [6.07, 6.45) is 1.38. The van der Waals surface area contributed by atoms with Crippen molar-refractivity contribution in [2.45, 2.75) is 58.7 Å². The lowest BCUT2D eigenvalue weighted by atomic mass is 10.0. The van der Waals surface area contributed by atoms with Crippen molar-refractivity contribution in [3.8, 4) is 0 Å². The van der Waals surface area contributed by atoms with Crippen molar-refractivity contribution in [2.24, 2.45) is 0 Å². The average Bonchev–Trinajstić information content (AvgIpc) is 2.81. The first-order chi connectivity index (χ1) is 16.3. The predicted molar refractivity (Wildman–Crippen MR) is 139 cm³/mol. The number of nitrogens with one attached hydrogen (secondary N) is 1. The molecule has 0 bridgehead atoms. The number of aryl methyl sites for hydroxylation is 2. The Balaban J connectivity index is 1.90. The zero-order valence-corrected chi connectivity index (χ0v) is 20.9. The second-order valence-electron chi connectivity index (χ2n) is 9.01. The minimum atomic E-state index is -0.630. The number of benzene rings is 3. The topological polar surface area (TPSA) is 49.4 Å². The highest BCUT2D eigenvalue weighted by Crippen LogP contribution is 2.19. The van der Waals surface area contributed by atoms with E-state index in [4.69, 9.17) is 11.6 Å². The molecular weight excluding hydrogens is 444 g/mol. The van der Waals surface area contributed by atoms with E-state index in [0.717, 1.165) is 16.7 Å². The van der Waals surface area contributed by atoms with Gasteiger partial charge in [-0.2, -0.15) is 0 Å². The van der Waals surface area contributed by atoms with Crippen LogP contribution in [-0.2, 0) is 29.0 Å². The van der Waals surface area contributed by atoms with E-state index in [-0.39, 0.29) is 17.9 Å². The summed E-state index contributed by atoms with van der Waals surface area (Å²) in [5.41, 5.74) is 4.19. The third kappa shape index (κ3) is 7.74. The van der Waals surface area contributed by atoms with Crippen LogP contribution in [0.2, 0.25) is 5.02 Å². The van der Waals surface area contributed by atoms with E-state index in [0.29, 0.717) is 30.8 Å². The van der Waals surface area contributed by atoms with Gasteiger partial charge >= 0.3 is 0 Å². The van der Waals surface area contributed by atoms with Crippen molar-refractivity contribution in [3.05, 3.63) is 106 Å². The van der Waals surface area contributed by atoms with Gasteiger partial charge < -0.3 is 10.2 Å². The molecule has 4 nitrogen and oxygen atoms in total. The van der Waals surface area contributed by atoms with Crippen molar-refractivity contribution >= 4 is 23.4 Å². The molecule has 1 atom stereocenters. The fourth-order valence-corrected chi connectivity index (χ4v) is 4.13. The molecule has 0 aliphatic carbocycles. The van der Waals surface area contributed by atoms with Gasteiger partial charge in [-0.25, -0.2) is 0 Å². The fourth-order valence-electron chi connectivity index (χ4n) is 3.92. The van der Waals surface area contributed by atoms with E-state index < -0.39 is 6.04 Å². The molecule has 0 aliphatic rings. The molecule has 0 saturated heterocycles. The summed E-state index contributed by atoms with van der Waals surface area (Å²) in [4.78, 5) is 28.7. The molecule has 0 spiro atoms. The molecular formula is C29H33ClN2O2. The summed E-state index contributed by atoms with van der Waals surface area (Å²) < 4.78 is 0. The van der Waals surface area contributed by atoms with Gasteiger partial charge in [0.1, 0.15) is 6.04 Å². The summed E-state index contributed by atoms with van der Waals surface area (Å²) in [5.74, 6) is -0.204. The van der Waals surface area contributed by atoms with Gasteiger partial charge in [-0.3, -0.25) is 9.59 Å². The molecule has 0 radical (unpaired) electrons. The monoisotopic (exact) mass is 476 g/mol. The highest BCUT2D eigenvalue weighted by molar-refractivity contribution is 6.30. The second kappa shape index (κ2) is 12.4. The fraction of sp³-hybridized carbons (Fsp3) is 0.310. The Hall–Kier alpha value is -3.11. The van der Waals surface area contributed by atoms with Crippen LogP contribution in [0, 0.1) is 6.92 Å². The molecule has 0 heterocycles. The summed E-state index contributed by atoms with van der Waals surface area (Å²) in [7, 11) is 0. The zero-order chi connectivity index (χ0) is 24.5. The molecule has 0 fully saturated rings. The molecule has 3 rings (SSSR count). The van der Waals surface area contributed by atoms with Gasteiger partial charge in [-0.1, -0.05) is 83.9 Å². The first-order valence-electron chi connectivity index (χ1n) is 11.8. The van der Waals surface area contributed by atoms with E-state index in [1.54, 1.807) is 4.90 Å². The maximum Gasteiger partial charge on any atom is 0.243 e. The number of hydrogen-bond acceptors (Lipinski definition) is 2. The smallest absolute Gasteiger partial charge is 0.243 e. The van der Waals surface area contributed by atoms with Crippen molar-refractivity contribution in [1.82, 2.24) is 10.2 Å². The maximum atomic E-state index is 13.6. The van der Waals surface area contributed by atoms with Crippen LogP contribution < -0.4 is 5.32 Å². The number of amides is 2. The number of rotatable bonds is 10. The van der Waals surface area contributed by atoms with Crippen LogP contribution in [0.25, 0.3) is 0 Å². The number of halogens is 1. The summed E-state index contributed by atoms with van der Waals surface area (Å²) in [6.45, 7) is 6.22. The van der Waals surface area contributed by atoms with E-state index in [1.165, 1.54) is 5.56 Å². The van der Waals surface area contributed by atoms with E-state index in [1.807, 2.05) is 75.4 Å². The molecule has 1 N–H and O–H groups in total. The number of nitrogens with zero attached hydrogens (tertiary/aromatic N) is 1. The highest BCUT2D eigenvalue weighted by atomic mass is 35.5. The first kappa shape index (κ1) is 25.5. The molecule has 3 aromatic carbocycles. The lowest BCUT2D eigenvalue weighted by Crippen LogP contribution is -2.51. The molecule has 178 valence electrons. The Morgan fingerprint density at radius 1 is 0.882 bits per heavy atom. The van der Waals surface area contributed by atoms with E-state index in [9.17, 15) is 9.59 Å². The van der Waals surface area contributed by atoms with Crippen molar-refractivity contribution < 1.29 is 9.59 Å². The lowest BCUT2D eigenvalue weighted by molar-refractivity contribution is -0.141. The van der Waals surface area contributed by atoms with Crippen LogP contribution >= 0.6 is 11.6 Å². The molecule has 0 saturated carbocycles. The molecule has 0 unspecified atom stereocenters. The summed E-state index contributed by atoms with van der Waals surface area (Å²) in [5, 5.41) is 3.62. The Morgan fingerprint density at radius 2 is 1.56 bits per heavy atom. The van der Waals surface area contributed by atoms with Crippen LogP contribution in [0.15, 0.2) is 78.9 Å². The van der Waals surface area contributed by atoms with Crippen molar-refractivity contribution in [3.63, 3.8) is 0 Å². The molecule has 2 amide bonds. The third-order valence-corrected chi connectivity index (χ3v) is 5.93. The minimum Gasteiger partial charge on any atom is -0.352 e. The van der Waals surface area contributed by atoms with Gasteiger partial charge in [0.15, 0.2) is 0 Å². The number of carbonyl (C=O) groups excluding carboxylic acids is 2. The van der Waals surface area contributed by atoms with Crippen LogP contribution in [0.3, 0.4) is 0 Å². The van der Waals surface area contributed by atoms with Gasteiger partial charge in [0.05, 0.1) is 0 Å². The Labute approximate surface area is 207 Å². The van der Waals surface area contributed by atoms with E-state index >= 15 is 0 Å². The molecule has 0 aliphatic heterocycles. The Bertz CT molecular complexity index is 1080. The lowest BCUT2D eigenvalue weighted by Gasteiger charge is -2.32. The summed E-state index contributed by atoms with van der Waals surface area (Å²) in [6, 6.07) is 24.8. The van der Waals surface area contributed by atoms with Gasteiger partial charge in [0.25, 0.3) is 0 Å². The van der Waals surface area contributed by atoms with E-state index in [2.05, 4.69) is 29.6 Å². The third-order valence-electron chi connectivity index (χ3n) is 5.69. The highest BCUT2D eigenvalue weighted by Gasteiger charge is 2.30. The number of hydrogen-bond donors (Lipinski definition) is 1. The van der Waals surface area contributed by atoms with Gasteiger partial charge in [-0.15, -0.1) is 0 Å². The van der Waals surface area contributed by atoms with Crippen LogP contribution in [-0.4, -0.2) is 28.8 Å². The first-order valence-corrected chi connectivity index (χ1v) is 12.1. The largest absolute Gasteiger partial charge is 0.352 e. The van der Waals surface area contributed by atoms with Crippen LogP contribution in [0.4, 0.5) is 0 Å². The van der Waals surface area contributed by atoms with Crippen LogP contribution in [0.5, 0.6) is 0 Å². The molecule has 34 heavy (non-hydrogen) atoms. The standard InChI is InChI=1S/C29H33ClN2O2/c1-21(2)31-29(34)27(19-24-8-5-4-6-9-24)32(20-25-10-7-11-26(30)18-25)28(33)17-16-23-14-12-22(3)13-15-23/h4-15,18,21,27H,16-17,19-20H2,1-3H3,(H,31,34)/t27-/m0/s1.